The molecule has 0 aliphatic carbocycles. The first-order valence-corrected chi connectivity index (χ1v) is 16.6. The molecule has 0 bridgehead atoms. The summed E-state index contributed by atoms with van der Waals surface area (Å²) in [6.07, 6.45) is 1.21. The zero-order valence-electron chi connectivity index (χ0n) is 25.7. The standard InChI is InChI=1S/C34H42Br2N2O6/c1-34(2,3)44-33(39)12-15-40-16-17-41-18-19-42-20-21-43-28-7-4-6-27(24-28)37-13-5-14-38-31-10-8-25(35)22-29(31)30-23-26(36)9-11-32(30)38/h4,6-11,22-24,37H,5,12-21H2,1-3H3. The van der Waals surface area contributed by atoms with Crippen LogP contribution in [0.1, 0.15) is 33.6 Å². The highest BCUT2D eigenvalue weighted by Crippen LogP contribution is 2.33. The number of hydrogen-bond acceptors (Lipinski definition) is 7. The second-order valence-electron chi connectivity index (χ2n) is 11.3. The van der Waals surface area contributed by atoms with Gasteiger partial charge in [0.2, 0.25) is 0 Å². The smallest absolute Gasteiger partial charge is 0.308 e. The third-order valence-corrected chi connectivity index (χ3v) is 7.61. The number of rotatable bonds is 18. The summed E-state index contributed by atoms with van der Waals surface area (Å²) in [4.78, 5) is 11.6. The van der Waals surface area contributed by atoms with E-state index in [4.69, 9.17) is 23.7 Å². The summed E-state index contributed by atoms with van der Waals surface area (Å²) in [6.45, 7) is 10.4. The van der Waals surface area contributed by atoms with Gasteiger partial charge in [0, 0.05) is 55.6 Å². The molecule has 0 aliphatic heterocycles. The molecule has 0 aliphatic rings. The number of halogens is 2. The molecule has 1 heterocycles. The Morgan fingerprint density at radius 3 is 1.98 bits per heavy atom. The van der Waals surface area contributed by atoms with Gasteiger partial charge >= 0.3 is 5.97 Å². The number of aryl methyl sites for hydroxylation is 1. The maximum absolute atomic E-state index is 11.6. The summed E-state index contributed by atoms with van der Waals surface area (Å²) < 4.78 is 32.2. The molecule has 0 radical (unpaired) electrons. The molecule has 3 aromatic carbocycles. The van der Waals surface area contributed by atoms with Gasteiger partial charge in [-0.2, -0.15) is 0 Å². The van der Waals surface area contributed by atoms with Crippen LogP contribution < -0.4 is 10.1 Å². The minimum Gasteiger partial charge on any atom is -0.491 e. The quantitative estimate of drug-likeness (QED) is 0.0821. The van der Waals surface area contributed by atoms with Crippen molar-refractivity contribution in [1.29, 1.82) is 0 Å². The van der Waals surface area contributed by atoms with E-state index in [9.17, 15) is 4.79 Å². The Morgan fingerprint density at radius 1 is 0.773 bits per heavy atom. The van der Waals surface area contributed by atoms with E-state index in [-0.39, 0.29) is 12.4 Å². The first-order valence-electron chi connectivity index (χ1n) is 15.0. The van der Waals surface area contributed by atoms with Crippen molar-refractivity contribution in [2.75, 3.05) is 58.1 Å². The number of benzene rings is 3. The van der Waals surface area contributed by atoms with Crippen molar-refractivity contribution in [2.45, 2.75) is 45.8 Å². The van der Waals surface area contributed by atoms with Crippen molar-refractivity contribution in [3.8, 4) is 5.75 Å². The van der Waals surface area contributed by atoms with E-state index in [1.807, 2.05) is 39.0 Å². The number of nitrogens with one attached hydrogen (secondary N) is 1. The summed E-state index contributed by atoms with van der Waals surface area (Å²) in [5, 5.41) is 6.04. The fourth-order valence-corrected chi connectivity index (χ4v) is 5.49. The molecule has 8 nitrogen and oxygen atoms in total. The van der Waals surface area contributed by atoms with Gasteiger partial charge in [-0.15, -0.1) is 0 Å². The number of esters is 1. The fraction of sp³-hybridized carbons (Fsp3) is 0.441. The number of aromatic nitrogens is 1. The summed E-state index contributed by atoms with van der Waals surface area (Å²) >= 11 is 7.25. The monoisotopic (exact) mass is 732 g/mol. The van der Waals surface area contributed by atoms with Gasteiger partial charge in [0.05, 0.1) is 46.1 Å². The maximum Gasteiger partial charge on any atom is 0.308 e. The summed E-state index contributed by atoms with van der Waals surface area (Å²) in [5.41, 5.74) is 3.04. The van der Waals surface area contributed by atoms with Crippen LogP contribution in [0.4, 0.5) is 5.69 Å². The zero-order chi connectivity index (χ0) is 31.4. The van der Waals surface area contributed by atoms with E-state index in [1.54, 1.807) is 0 Å². The predicted octanol–water partition coefficient (Wildman–Crippen LogP) is 7.98. The highest BCUT2D eigenvalue weighted by atomic mass is 79.9. The lowest BCUT2D eigenvalue weighted by atomic mass is 10.2. The minimum atomic E-state index is -0.472. The molecule has 0 atom stereocenters. The number of fused-ring (bicyclic) bond motifs is 3. The number of carbonyl (C=O) groups excluding carboxylic acids is 1. The average molecular weight is 735 g/mol. The molecule has 0 saturated carbocycles. The van der Waals surface area contributed by atoms with Crippen LogP contribution in [0.5, 0.6) is 5.75 Å². The van der Waals surface area contributed by atoms with Gasteiger partial charge in [0.25, 0.3) is 0 Å². The largest absolute Gasteiger partial charge is 0.491 e. The lowest BCUT2D eigenvalue weighted by Gasteiger charge is -2.19. The van der Waals surface area contributed by atoms with E-state index in [1.165, 1.54) is 21.8 Å². The normalized spacial score (nSPS) is 11.8. The van der Waals surface area contributed by atoms with E-state index < -0.39 is 5.60 Å². The Labute approximate surface area is 276 Å². The van der Waals surface area contributed by atoms with Gasteiger partial charge in [0.1, 0.15) is 18.0 Å². The third kappa shape index (κ3) is 11.1. The summed E-state index contributed by atoms with van der Waals surface area (Å²) in [7, 11) is 0. The van der Waals surface area contributed by atoms with Gasteiger partial charge in [-0.05, 0) is 75.7 Å². The molecule has 10 heteroatoms. The van der Waals surface area contributed by atoms with Gasteiger partial charge < -0.3 is 33.6 Å². The Balaban J connectivity index is 1.08. The van der Waals surface area contributed by atoms with E-state index in [0.29, 0.717) is 46.2 Å². The second kappa shape index (κ2) is 17.2. The molecule has 0 unspecified atom stereocenters. The highest BCUT2D eigenvalue weighted by molar-refractivity contribution is 9.10. The molecule has 4 rings (SSSR count). The van der Waals surface area contributed by atoms with E-state index in [2.05, 4.69) is 84.2 Å². The molecule has 1 N–H and O–H groups in total. The van der Waals surface area contributed by atoms with Gasteiger partial charge in [-0.1, -0.05) is 37.9 Å². The van der Waals surface area contributed by atoms with Gasteiger partial charge in [-0.3, -0.25) is 4.79 Å². The number of nitrogens with zero attached hydrogens (tertiary/aromatic N) is 1. The average Bonchev–Trinajstić information content (AvgIpc) is 3.26. The SMILES string of the molecule is CC(C)(C)OC(=O)CCOCCOCCOCCOc1cccc(NCCCn2c3ccc(Br)cc3c3cc(Br)ccc32)c1. The van der Waals surface area contributed by atoms with Crippen molar-refractivity contribution in [2.24, 2.45) is 0 Å². The van der Waals surface area contributed by atoms with Crippen molar-refractivity contribution < 1.29 is 28.5 Å². The van der Waals surface area contributed by atoms with Crippen molar-refractivity contribution in [3.05, 3.63) is 69.6 Å². The molecule has 238 valence electrons. The molecular weight excluding hydrogens is 692 g/mol. The van der Waals surface area contributed by atoms with Crippen LogP contribution >= 0.6 is 31.9 Å². The predicted molar refractivity (Wildman–Crippen MR) is 183 cm³/mol. The molecular formula is C34H42Br2N2O6. The molecule has 0 spiro atoms. The molecule has 0 fully saturated rings. The van der Waals surface area contributed by atoms with Crippen LogP contribution in [0.2, 0.25) is 0 Å². The lowest BCUT2D eigenvalue weighted by Crippen LogP contribution is -2.24. The van der Waals surface area contributed by atoms with Crippen LogP contribution in [0.3, 0.4) is 0 Å². The first kappa shape index (κ1) is 34.2. The fourth-order valence-electron chi connectivity index (χ4n) is 4.76. The van der Waals surface area contributed by atoms with Crippen LogP contribution in [-0.4, -0.2) is 68.9 Å². The summed E-state index contributed by atoms with van der Waals surface area (Å²) in [5.74, 6) is 0.545. The molecule has 0 amide bonds. The van der Waals surface area contributed by atoms with E-state index >= 15 is 0 Å². The molecule has 0 saturated heterocycles. The summed E-state index contributed by atoms with van der Waals surface area (Å²) in [6, 6.07) is 21.0. The molecule has 44 heavy (non-hydrogen) atoms. The maximum atomic E-state index is 11.6. The van der Waals surface area contributed by atoms with Crippen molar-refractivity contribution >= 4 is 65.3 Å². The topological polar surface area (TPSA) is 80.2 Å². The Morgan fingerprint density at radius 2 is 1.36 bits per heavy atom. The third-order valence-electron chi connectivity index (χ3n) is 6.62. The lowest BCUT2D eigenvalue weighted by molar-refractivity contribution is -0.156. The van der Waals surface area contributed by atoms with E-state index in [0.717, 1.165) is 39.9 Å². The van der Waals surface area contributed by atoms with Crippen molar-refractivity contribution in [3.63, 3.8) is 0 Å². The molecule has 4 aromatic rings. The minimum absolute atomic E-state index is 0.236. The van der Waals surface area contributed by atoms with Crippen LogP contribution in [0.25, 0.3) is 21.8 Å². The number of ether oxygens (including phenoxy) is 5. The van der Waals surface area contributed by atoms with Crippen LogP contribution in [0, 0.1) is 0 Å². The van der Waals surface area contributed by atoms with Crippen molar-refractivity contribution in [1.82, 2.24) is 4.57 Å². The number of hydrogen-bond donors (Lipinski definition) is 1. The first-order chi connectivity index (χ1) is 21.2. The van der Waals surface area contributed by atoms with Gasteiger partial charge in [0.15, 0.2) is 0 Å². The Bertz CT molecular complexity index is 1440. The zero-order valence-corrected chi connectivity index (χ0v) is 28.9. The number of carbonyl (C=O) groups is 1. The van der Waals surface area contributed by atoms with Crippen LogP contribution in [-0.2, 0) is 30.3 Å². The number of anilines is 1. The Kier molecular flexibility index (Phi) is 13.4. The highest BCUT2D eigenvalue weighted by Gasteiger charge is 2.15. The molecule has 1 aromatic heterocycles. The van der Waals surface area contributed by atoms with Crippen LogP contribution in [0.15, 0.2) is 69.6 Å². The Hall–Kier alpha value is -2.63. The van der Waals surface area contributed by atoms with Gasteiger partial charge in [-0.25, -0.2) is 0 Å². The second-order valence-corrected chi connectivity index (χ2v) is 13.1.